The lowest BCUT2D eigenvalue weighted by Gasteiger charge is -2.21. The van der Waals surface area contributed by atoms with E-state index >= 15 is 0 Å². The molecule has 2 aromatic carbocycles. The van der Waals surface area contributed by atoms with Gasteiger partial charge in [0.25, 0.3) is 5.91 Å². The Hall–Kier alpha value is -2.40. The van der Waals surface area contributed by atoms with E-state index in [2.05, 4.69) is 10.6 Å². The number of benzene rings is 2. The number of halogens is 1. The zero-order chi connectivity index (χ0) is 16.5. The standard InChI is InChI=1S/C19H19FN2O2/c20-13-2-1-3-16(10-13)24-15-7-4-12(5-8-15)19(23)22-18-11-14-6-9-17(18)21-14/h1-5,7-8,10,14,17-18,21H,6,9,11H2,(H,22,23). The maximum Gasteiger partial charge on any atom is 0.251 e. The lowest BCUT2D eigenvalue weighted by molar-refractivity contribution is 0.0931. The van der Waals surface area contributed by atoms with Gasteiger partial charge in [-0.3, -0.25) is 4.79 Å². The number of carbonyl (C=O) groups is 1. The first-order valence-electron chi connectivity index (χ1n) is 8.28. The third kappa shape index (κ3) is 3.12. The summed E-state index contributed by atoms with van der Waals surface area (Å²) in [6.07, 6.45) is 3.36. The molecule has 4 rings (SSSR count). The summed E-state index contributed by atoms with van der Waals surface area (Å²) in [5, 5.41) is 6.62. The van der Waals surface area contributed by atoms with Crippen LogP contribution in [0.3, 0.4) is 0 Å². The van der Waals surface area contributed by atoms with Gasteiger partial charge in [-0.05, 0) is 55.7 Å². The quantitative estimate of drug-likeness (QED) is 0.907. The zero-order valence-corrected chi connectivity index (χ0v) is 13.2. The predicted octanol–water partition coefficient (Wildman–Crippen LogP) is 3.24. The van der Waals surface area contributed by atoms with Crippen molar-refractivity contribution in [1.82, 2.24) is 10.6 Å². The largest absolute Gasteiger partial charge is 0.457 e. The second-order valence-electron chi connectivity index (χ2n) is 6.45. The fourth-order valence-electron chi connectivity index (χ4n) is 3.58. The molecule has 2 aromatic rings. The first-order chi connectivity index (χ1) is 11.7. The van der Waals surface area contributed by atoms with Crippen molar-refractivity contribution in [2.24, 2.45) is 0 Å². The second kappa shape index (κ2) is 6.24. The molecule has 0 radical (unpaired) electrons. The van der Waals surface area contributed by atoms with Crippen LogP contribution in [0, 0.1) is 5.82 Å². The molecule has 124 valence electrons. The van der Waals surface area contributed by atoms with E-state index in [1.807, 2.05) is 0 Å². The van der Waals surface area contributed by atoms with Gasteiger partial charge in [-0.15, -0.1) is 0 Å². The minimum absolute atomic E-state index is 0.0633. The average Bonchev–Trinajstić information content (AvgIpc) is 3.18. The van der Waals surface area contributed by atoms with Crippen LogP contribution in [0.25, 0.3) is 0 Å². The third-order valence-corrected chi connectivity index (χ3v) is 4.76. The van der Waals surface area contributed by atoms with E-state index in [-0.39, 0.29) is 17.8 Å². The molecule has 3 unspecified atom stereocenters. The van der Waals surface area contributed by atoms with Crippen LogP contribution in [0.5, 0.6) is 11.5 Å². The molecule has 2 fully saturated rings. The molecule has 2 aliphatic rings. The van der Waals surface area contributed by atoms with Crippen LogP contribution in [0.2, 0.25) is 0 Å². The molecule has 0 saturated carbocycles. The van der Waals surface area contributed by atoms with E-state index in [4.69, 9.17) is 4.74 Å². The topological polar surface area (TPSA) is 50.4 Å². The molecular formula is C19H19FN2O2. The highest BCUT2D eigenvalue weighted by Crippen LogP contribution is 2.28. The number of fused-ring (bicyclic) bond motifs is 2. The summed E-state index contributed by atoms with van der Waals surface area (Å²) in [7, 11) is 0. The summed E-state index contributed by atoms with van der Waals surface area (Å²) in [5.41, 5.74) is 0.601. The van der Waals surface area contributed by atoms with E-state index in [1.54, 1.807) is 36.4 Å². The van der Waals surface area contributed by atoms with Gasteiger partial charge in [0, 0.05) is 29.8 Å². The van der Waals surface area contributed by atoms with E-state index in [9.17, 15) is 9.18 Å². The van der Waals surface area contributed by atoms with Gasteiger partial charge in [-0.1, -0.05) is 6.07 Å². The Bertz CT molecular complexity index is 747. The molecule has 24 heavy (non-hydrogen) atoms. The Morgan fingerprint density at radius 2 is 1.96 bits per heavy atom. The number of hydrogen-bond donors (Lipinski definition) is 2. The number of rotatable bonds is 4. The molecule has 2 bridgehead atoms. The van der Waals surface area contributed by atoms with Crippen molar-refractivity contribution in [1.29, 1.82) is 0 Å². The Kier molecular flexibility index (Phi) is 3.94. The molecule has 3 atom stereocenters. The van der Waals surface area contributed by atoms with Crippen molar-refractivity contribution in [2.45, 2.75) is 37.4 Å². The first kappa shape index (κ1) is 15.1. The summed E-state index contributed by atoms with van der Waals surface area (Å²) < 4.78 is 18.7. The molecule has 4 nitrogen and oxygen atoms in total. The molecular weight excluding hydrogens is 307 g/mol. The van der Waals surface area contributed by atoms with Gasteiger partial charge in [-0.25, -0.2) is 4.39 Å². The number of nitrogens with one attached hydrogen (secondary N) is 2. The maximum atomic E-state index is 13.2. The summed E-state index contributed by atoms with van der Waals surface area (Å²) >= 11 is 0. The van der Waals surface area contributed by atoms with Crippen LogP contribution in [0.1, 0.15) is 29.6 Å². The van der Waals surface area contributed by atoms with Crippen molar-refractivity contribution >= 4 is 5.91 Å². The molecule has 0 aromatic heterocycles. The number of carbonyl (C=O) groups excluding carboxylic acids is 1. The Morgan fingerprint density at radius 3 is 2.62 bits per heavy atom. The lowest BCUT2D eigenvalue weighted by atomic mass is 9.95. The van der Waals surface area contributed by atoms with Crippen molar-refractivity contribution in [3.05, 3.63) is 59.9 Å². The Morgan fingerprint density at radius 1 is 1.12 bits per heavy atom. The molecule has 5 heteroatoms. The van der Waals surface area contributed by atoms with Gasteiger partial charge in [0.05, 0.1) is 0 Å². The fraction of sp³-hybridized carbons (Fsp3) is 0.316. The highest BCUT2D eigenvalue weighted by Gasteiger charge is 2.39. The predicted molar refractivity (Wildman–Crippen MR) is 88.7 cm³/mol. The van der Waals surface area contributed by atoms with E-state index < -0.39 is 0 Å². The highest BCUT2D eigenvalue weighted by atomic mass is 19.1. The zero-order valence-electron chi connectivity index (χ0n) is 13.2. The van der Waals surface area contributed by atoms with Gasteiger partial charge < -0.3 is 15.4 Å². The second-order valence-corrected chi connectivity index (χ2v) is 6.45. The lowest BCUT2D eigenvalue weighted by Crippen LogP contribution is -2.42. The molecule has 2 saturated heterocycles. The molecule has 2 aliphatic heterocycles. The molecule has 2 heterocycles. The molecule has 0 spiro atoms. The van der Waals surface area contributed by atoms with E-state index in [0.29, 0.717) is 29.1 Å². The number of hydrogen-bond acceptors (Lipinski definition) is 3. The van der Waals surface area contributed by atoms with Gasteiger partial charge in [0.1, 0.15) is 17.3 Å². The molecule has 2 N–H and O–H groups in total. The monoisotopic (exact) mass is 326 g/mol. The van der Waals surface area contributed by atoms with Crippen molar-refractivity contribution in [3.63, 3.8) is 0 Å². The minimum Gasteiger partial charge on any atom is -0.457 e. The smallest absolute Gasteiger partial charge is 0.251 e. The van der Waals surface area contributed by atoms with Crippen LogP contribution < -0.4 is 15.4 Å². The first-order valence-corrected chi connectivity index (χ1v) is 8.28. The highest BCUT2D eigenvalue weighted by molar-refractivity contribution is 5.94. The van der Waals surface area contributed by atoms with Crippen LogP contribution in [-0.4, -0.2) is 24.0 Å². The maximum absolute atomic E-state index is 13.2. The van der Waals surface area contributed by atoms with Crippen LogP contribution in [0.15, 0.2) is 48.5 Å². The summed E-state index contributed by atoms with van der Waals surface area (Å²) in [5.74, 6) is 0.591. The fourth-order valence-corrected chi connectivity index (χ4v) is 3.58. The summed E-state index contributed by atoms with van der Waals surface area (Å²) in [6.45, 7) is 0. The minimum atomic E-state index is -0.344. The van der Waals surface area contributed by atoms with Gasteiger partial charge in [0.2, 0.25) is 0 Å². The summed E-state index contributed by atoms with van der Waals surface area (Å²) in [6, 6.07) is 14.1. The Labute approximate surface area is 140 Å². The van der Waals surface area contributed by atoms with E-state index in [1.165, 1.54) is 18.6 Å². The Balaban J connectivity index is 1.39. The van der Waals surface area contributed by atoms with Crippen molar-refractivity contribution < 1.29 is 13.9 Å². The molecule has 1 amide bonds. The van der Waals surface area contributed by atoms with Crippen LogP contribution in [-0.2, 0) is 0 Å². The number of ether oxygens (including phenoxy) is 1. The van der Waals surface area contributed by atoms with Crippen molar-refractivity contribution in [2.75, 3.05) is 0 Å². The summed E-state index contributed by atoms with van der Waals surface area (Å²) in [4.78, 5) is 12.4. The van der Waals surface area contributed by atoms with Gasteiger partial charge in [0.15, 0.2) is 0 Å². The SMILES string of the molecule is O=C(NC1CC2CCC1N2)c1ccc(Oc2cccc(F)c2)cc1. The van der Waals surface area contributed by atoms with Crippen LogP contribution >= 0.6 is 0 Å². The van der Waals surface area contributed by atoms with Crippen LogP contribution in [0.4, 0.5) is 4.39 Å². The number of amides is 1. The molecule has 0 aliphatic carbocycles. The normalized spacial score (nSPS) is 24.8. The van der Waals surface area contributed by atoms with Crippen molar-refractivity contribution in [3.8, 4) is 11.5 Å². The van der Waals surface area contributed by atoms with Gasteiger partial charge >= 0.3 is 0 Å². The van der Waals surface area contributed by atoms with E-state index in [0.717, 1.165) is 12.8 Å². The third-order valence-electron chi connectivity index (χ3n) is 4.76. The van der Waals surface area contributed by atoms with Gasteiger partial charge in [-0.2, -0.15) is 0 Å². The average molecular weight is 326 g/mol.